The predicted octanol–water partition coefficient (Wildman–Crippen LogP) is 5.62. The van der Waals surface area contributed by atoms with Gasteiger partial charge in [-0.15, -0.1) is 0 Å². The van der Waals surface area contributed by atoms with Gasteiger partial charge in [0.1, 0.15) is 0 Å². The van der Waals surface area contributed by atoms with Crippen LogP contribution in [0.1, 0.15) is 49.3 Å². The zero-order valence-electron chi connectivity index (χ0n) is 11.9. The Labute approximate surface area is 131 Å². The fourth-order valence-electron chi connectivity index (χ4n) is 2.78. The van der Waals surface area contributed by atoms with E-state index in [2.05, 4.69) is 27.3 Å². The van der Waals surface area contributed by atoms with E-state index in [1.54, 1.807) is 7.05 Å². The highest BCUT2D eigenvalue weighted by Gasteiger charge is 2.32. The predicted molar refractivity (Wildman–Crippen MR) is 82.1 cm³/mol. The Hall–Kier alpha value is -0.810. The lowest BCUT2D eigenvalue weighted by Gasteiger charge is -2.22. The van der Waals surface area contributed by atoms with Crippen molar-refractivity contribution in [3.63, 3.8) is 0 Å². The number of alkyl halides is 3. The van der Waals surface area contributed by atoms with Gasteiger partial charge in [0.15, 0.2) is 0 Å². The largest absolute Gasteiger partial charge is 0.416 e. The summed E-state index contributed by atoms with van der Waals surface area (Å²) in [5, 5.41) is 3.17. The van der Waals surface area contributed by atoms with E-state index in [0.717, 1.165) is 31.7 Å². The molecule has 0 amide bonds. The molecule has 1 unspecified atom stereocenters. The van der Waals surface area contributed by atoms with Crippen molar-refractivity contribution in [1.29, 1.82) is 0 Å². The summed E-state index contributed by atoms with van der Waals surface area (Å²) in [6.45, 7) is 0. The van der Waals surface area contributed by atoms with Gasteiger partial charge in [-0.1, -0.05) is 34.0 Å². The summed E-state index contributed by atoms with van der Waals surface area (Å²) < 4.78 is 39.5. The van der Waals surface area contributed by atoms with Gasteiger partial charge >= 0.3 is 6.18 Å². The number of rotatable bonds is 3. The Morgan fingerprint density at radius 2 is 1.95 bits per heavy atom. The SMILES string of the molecule is CNC(C1=CCCCCC1)c1cc(C(F)(F)F)ccc1Br. The minimum absolute atomic E-state index is 0.167. The molecule has 1 N–H and O–H groups in total. The van der Waals surface area contributed by atoms with E-state index in [1.807, 2.05) is 0 Å². The average molecular weight is 362 g/mol. The first-order valence-corrected chi connectivity index (χ1v) is 7.95. The number of likely N-dealkylation sites (N-methyl/N-ethyl adjacent to an activating group) is 1. The van der Waals surface area contributed by atoms with Crippen molar-refractivity contribution < 1.29 is 13.2 Å². The molecule has 0 fully saturated rings. The van der Waals surface area contributed by atoms with Crippen LogP contribution in [0.4, 0.5) is 13.2 Å². The zero-order chi connectivity index (χ0) is 15.5. The van der Waals surface area contributed by atoms with E-state index in [1.165, 1.54) is 24.1 Å². The molecule has 0 spiro atoms. The van der Waals surface area contributed by atoms with Crippen molar-refractivity contribution in [2.24, 2.45) is 0 Å². The van der Waals surface area contributed by atoms with Crippen LogP contribution in [0.15, 0.2) is 34.3 Å². The lowest BCUT2D eigenvalue weighted by Crippen LogP contribution is -2.20. The highest BCUT2D eigenvalue weighted by molar-refractivity contribution is 9.10. The molecular weight excluding hydrogens is 343 g/mol. The van der Waals surface area contributed by atoms with Gasteiger partial charge in [-0.2, -0.15) is 13.2 Å². The second kappa shape index (κ2) is 6.97. The van der Waals surface area contributed by atoms with E-state index in [9.17, 15) is 13.2 Å². The Balaban J connectivity index is 2.39. The number of hydrogen-bond acceptors (Lipinski definition) is 1. The molecule has 5 heteroatoms. The third-order valence-electron chi connectivity index (χ3n) is 3.87. The number of allylic oxidation sites excluding steroid dienone is 1. The smallest absolute Gasteiger partial charge is 0.310 e. The number of benzene rings is 1. The molecule has 0 aliphatic heterocycles. The van der Waals surface area contributed by atoms with Gasteiger partial charge < -0.3 is 5.32 Å². The Morgan fingerprint density at radius 1 is 1.19 bits per heavy atom. The van der Waals surface area contributed by atoms with Crippen molar-refractivity contribution >= 4 is 15.9 Å². The standard InChI is InChI=1S/C16H19BrF3N/c1-21-15(11-6-4-2-3-5-7-11)13-10-12(16(18,19)20)8-9-14(13)17/h6,8-10,15,21H,2-5,7H2,1H3. The van der Waals surface area contributed by atoms with Crippen LogP contribution in [0.2, 0.25) is 0 Å². The monoisotopic (exact) mass is 361 g/mol. The second-order valence-electron chi connectivity index (χ2n) is 5.33. The molecule has 0 saturated heterocycles. The van der Waals surface area contributed by atoms with Gasteiger partial charge in [0.25, 0.3) is 0 Å². The molecule has 1 nitrogen and oxygen atoms in total. The minimum atomic E-state index is -4.31. The topological polar surface area (TPSA) is 12.0 Å². The summed E-state index contributed by atoms with van der Waals surface area (Å²) in [5.41, 5.74) is 1.24. The quantitative estimate of drug-likeness (QED) is 0.689. The Morgan fingerprint density at radius 3 is 2.62 bits per heavy atom. The number of halogens is 4. The fourth-order valence-corrected chi connectivity index (χ4v) is 3.26. The zero-order valence-corrected chi connectivity index (χ0v) is 13.5. The van der Waals surface area contributed by atoms with Gasteiger partial charge in [-0.3, -0.25) is 0 Å². The van der Waals surface area contributed by atoms with Gasteiger partial charge in [-0.05, 0) is 56.5 Å². The van der Waals surface area contributed by atoms with Crippen LogP contribution in [0.5, 0.6) is 0 Å². The molecule has 1 aromatic rings. The highest BCUT2D eigenvalue weighted by Crippen LogP contribution is 2.37. The fraction of sp³-hybridized carbons (Fsp3) is 0.500. The maximum atomic E-state index is 12.9. The third kappa shape index (κ3) is 4.10. The van der Waals surface area contributed by atoms with E-state index < -0.39 is 11.7 Å². The molecular formula is C16H19BrF3N. The molecule has 1 aliphatic rings. The summed E-state index contributed by atoms with van der Waals surface area (Å²) in [6.07, 6.45) is 3.25. The van der Waals surface area contributed by atoms with Crippen LogP contribution in [-0.4, -0.2) is 7.05 Å². The van der Waals surface area contributed by atoms with Crippen molar-refractivity contribution in [3.8, 4) is 0 Å². The summed E-state index contributed by atoms with van der Waals surface area (Å²) >= 11 is 3.39. The Kier molecular flexibility index (Phi) is 5.49. The van der Waals surface area contributed by atoms with Crippen molar-refractivity contribution in [3.05, 3.63) is 45.4 Å². The summed E-state index contributed by atoms with van der Waals surface area (Å²) in [5.74, 6) is 0. The van der Waals surface area contributed by atoms with Crippen LogP contribution in [0, 0.1) is 0 Å². The van der Waals surface area contributed by atoms with Crippen LogP contribution >= 0.6 is 15.9 Å². The first kappa shape index (κ1) is 16.6. The van der Waals surface area contributed by atoms with Crippen molar-refractivity contribution in [2.45, 2.75) is 44.3 Å². The maximum Gasteiger partial charge on any atom is 0.416 e. The van der Waals surface area contributed by atoms with Gasteiger partial charge in [0.2, 0.25) is 0 Å². The molecule has 0 radical (unpaired) electrons. The normalized spacial score (nSPS) is 18.0. The second-order valence-corrected chi connectivity index (χ2v) is 6.19. The molecule has 0 heterocycles. The number of hydrogen-bond donors (Lipinski definition) is 1. The molecule has 21 heavy (non-hydrogen) atoms. The van der Waals surface area contributed by atoms with Crippen LogP contribution in [-0.2, 0) is 6.18 Å². The molecule has 1 aliphatic carbocycles. The molecule has 0 saturated carbocycles. The van der Waals surface area contributed by atoms with Crippen molar-refractivity contribution in [2.75, 3.05) is 7.05 Å². The molecule has 0 bridgehead atoms. The molecule has 0 aromatic heterocycles. The van der Waals surface area contributed by atoms with Gasteiger partial charge in [0.05, 0.1) is 11.6 Å². The van der Waals surface area contributed by atoms with Crippen LogP contribution in [0.3, 0.4) is 0 Å². The van der Waals surface area contributed by atoms with E-state index in [4.69, 9.17) is 0 Å². The summed E-state index contributed by atoms with van der Waals surface area (Å²) in [6, 6.07) is 3.68. The van der Waals surface area contributed by atoms with E-state index in [0.29, 0.717) is 10.0 Å². The lowest BCUT2D eigenvalue weighted by atomic mass is 9.94. The maximum absolute atomic E-state index is 12.9. The molecule has 116 valence electrons. The van der Waals surface area contributed by atoms with Crippen LogP contribution in [0.25, 0.3) is 0 Å². The number of nitrogens with one attached hydrogen (secondary N) is 1. The molecule has 2 rings (SSSR count). The van der Waals surface area contributed by atoms with E-state index >= 15 is 0 Å². The average Bonchev–Trinajstić information content (AvgIpc) is 2.69. The third-order valence-corrected chi connectivity index (χ3v) is 4.59. The highest BCUT2D eigenvalue weighted by atomic mass is 79.9. The summed E-state index contributed by atoms with van der Waals surface area (Å²) in [7, 11) is 1.79. The minimum Gasteiger partial charge on any atom is -0.310 e. The van der Waals surface area contributed by atoms with Crippen molar-refractivity contribution in [1.82, 2.24) is 5.32 Å². The Bertz CT molecular complexity index is 523. The summed E-state index contributed by atoms with van der Waals surface area (Å²) in [4.78, 5) is 0. The van der Waals surface area contributed by atoms with E-state index in [-0.39, 0.29) is 6.04 Å². The first-order valence-electron chi connectivity index (χ1n) is 7.16. The molecule has 1 aromatic carbocycles. The van der Waals surface area contributed by atoms with Gasteiger partial charge in [-0.25, -0.2) is 0 Å². The van der Waals surface area contributed by atoms with Gasteiger partial charge in [0, 0.05) is 4.47 Å². The molecule has 1 atom stereocenters. The first-order chi connectivity index (χ1) is 9.93. The lowest BCUT2D eigenvalue weighted by molar-refractivity contribution is -0.137. The van der Waals surface area contributed by atoms with Crippen LogP contribution < -0.4 is 5.32 Å².